The fourth-order valence-electron chi connectivity index (χ4n) is 1.99. The van der Waals surface area contributed by atoms with Crippen LogP contribution in [-0.4, -0.2) is 22.6 Å². The lowest BCUT2D eigenvalue weighted by atomic mass is 9.78. The summed E-state index contributed by atoms with van der Waals surface area (Å²) in [5, 5.41) is 8.63. The van der Waals surface area contributed by atoms with E-state index in [1.54, 1.807) is 0 Å². The van der Waals surface area contributed by atoms with Gasteiger partial charge in [-0.15, -0.1) is 0 Å². The van der Waals surface area contributed by atoms with Crippen molar-refractivity contribution in [2.75, 3.05) is 0 Å². The van der Waals surface area contributed by atoms with Gasteiger partial charge in [-0.25, -0.2) is 0 Å². The molecule has 0 bridgehead atoms. The number of hydrogen-bond acceptors (Lipinski definition) is 3. The minimum atomic E-state index is -1.37. The van der Waals surface area contributed by atoms with E-state index in [9.17, 15) is 14.4 Å². The zero-order valence-electron chi connectivity index (χ0n) is 7.08. The molecule has 2 saturated carbocycles. The van der Waals surface area contributed by atoms with Crippen LogP contribution in [0, 0.1) is 11.3 Å². The molecule has 0 unspecified atom stereocenters. The number of carbonyl (C=O) groups is 3. The van der Waals surface area contributed by atoms with Crippen molar-refractivity contribution in [3.63, 3.8) is 0 Å². The number of carboxylic acids is 1. The topological polar surface area (TPSA) is 71.4 Å². The van der Waals surface area contributed by atoms with Crippen LogP contribution in [-0.2, 0) is 14.4 Å². The molecule has 1 spiro atoms. The van der Waals surface area contributed by atoms with E-state index in [-0.39, 0.29) is 18.3 Å². The first kappa shape index (κ1) is 8.41. The molecule has 0 radical (unpaired) electrons. The van der Waals surface area contributed by atoms with E-state index in [2.05, 4.69) is 0 Å². The standard InChI is InChI=1S/C9H10O4/c10-5-3-9(1-2-9)4-6(11)7(5)8(12)13/h7H,1-4H2,(H,12,13). The molecule has 2 fully saturated rings. The van der Waals surface area contributed by atoms with Crippen LogP contribution in [0.1, 0.15) is 25.7 Å². The lowest BCUT2D eigenvalue weighted by molar-refractivity contribution is -0.153. The Morgan fingerprint density at radius 3 is 2.00 bits per heavy atom. The summed E-state index contributed by atoms with van der Waals surface area (Å²) in [6.45, 7) is 0. The molecule has 13 heavy (non-hydrogen) atoms. The van der Waals surface area contributed by atoms with Crippen molar-refractivity contribution >= 4 is 17.5 Å². The van der Waals surface area contributed by atoms with Crippen molar-refractivity contribution in [3.05, 3.63) is 0 Å². The molecule has 0 aromatic rings. The second-order valence-electron chi connectivity index (χ2n) is 4.06. The molecular formula is C9H10O4. The predicted octanol–water partition coefficient (Wildman–Crippen LogP) is 0.399. The van der Waals surface area contributed by atoms with Crippen molar-refractivity contribution in [2.45, 2.75) is 25.7 Å². The first-order chi connectivity index (χ1) is 6.04. The first-order valence-electron chi connectivity index (χ1n) is 4.32. The summed E-state index contributed by atoms with van der Waals surface area (Å²) in [5.41, 5.74) is -0.125. The third-order valence-corrected chi connectivity index (χ3v) is 2.95. The Kier molecular flexibility index (Phi) is 1.55. The van der Waals surface area contributed by atoms with Gasteiger partial charge in [-0.1, -0.05) is 0 Å². The van der Waals surface area contributed by atoms with Crippen molar-refractivity contribution in [1.82, 2.24) is 0 Å². The Hall–Kier alpha value is -1.19. The van der Waals surface area contributed by atoms with Gasteiger partial charge < -0.3 is 5.11 Å². The molecule has 2 aliphatic rings. The molecular weight excluding hydrogens is 172 g/mol. The van der Waals surface area contributed by atoms with Gasteiger partial charge >= 0.3 is 5.97 Å². The Bertz CT molecular complexity index is 281. The highest BCUT2D eigenvalue weighted by Gasteiger charge is 2.53. The molecule has 0 heterocycles. The molecule has 0 amide bonds. The molecule has 0 aliphatic heterocycles. The second-order valence-corrected chi connectivity index (χ2v) is 4.06. The Morgan fingerprint density at radius 2 is 1.69 bits per heavy atom. The third-order valence-electron chi connectivity index (χ3n) is 2.95. The van der Waals surface area contributed by atoms with Crippen molar-refractivity contribution in [2.24, 2.45) is 11.3 Å². The number of Topliss-reactive ketones (excluding diaryl/α,β-unsaturated/α-hetero) is 2. The summed E-state index contributed by atoms with van der Waals surface area (Å²) in [5.74, 6) is -3.46. The van der Waals surface area contributed by atoms with Gasteiger partial charge in [-0.2, -0.15) is 0 Å². The van der Waals surface area contributed by atoms with E-state index >= 15 is 0 Å². The SMILES string of the molecule is O=C(O)C1C(=O)CC2(CC2)CC1=O. The average Bonchev–Trinajstić information content (AvgIpc) is 2.65. The molecule has 4 heteroatoms. The van der Waals surface area contributed by atoms with Gasteiger partial charge in [0.05, 0.1) is 0 Å². The Morgan fingerprint density at radius 1 is 1.23 bits per heavy atom. The van der Waals surface area contributed by atoms with Crippen LogP contribution in [0.4, 0.5) is 0 Å². The lowest BCUT2D eigenvalue weighted by Gasteiger charge is -2.23. The highest BCUT2D eigenvalue weighted by Crippen LogP contribution is 2.55. The maximum Gasteiger partial charge on any atom is 0.321 e. The van der Waals surface area contributed by atoms with Crippen LogP contribution in [0.3, 0.4) is 0 Å². The van der Waals surface area contributed by atoms with E-state index < -0.39 is 23.5 Å². The molecule has 0 atom stereocenters. The van der Waals surface area contributed by atoms with Gasteiger partial charge in [0.1, 0.15) is 0 Å². The average molecular weight is 182 g/mol. The molecule has 2 rings (SSSR count). The van der Waals surface area contributed by atoms with Crippen molar-refractivity contribution < 1.29 is 19.5 Å². The first-order valence-corrected chi connectivity index (χ1v) is 4.32. The zero-order chi connectivity index (χ0) is 9.64. The number of aliphatic carboxylic acids is 1. The van der Waals surface area contributed by atoms with Gasteiger partial charge in [0.15, 0.2) is 17.5 Å². The molecule has 4 nitrogen and oxygen atoms in total. The maximum atomic E-state index is 11.3. The van der Waals surface area contributed by atoms with Gasteiger partial charge in [-0.05, 0) is 18.3 Å². The largest absolute Gasteiger partial charge is 0.480 e. The minimum Gasteiger partial charge on any atom is -0.480 e. The van der Waals surface area contributed by atoms with Crippen LogP contribution in [0.15, 0.2) is 0 Å². The summed E-state index contributed by atoms with van der Waals surface area (Å²) in [7, 11) is 0. The van der Waals surface area contributed by atoms with Gasteiger partial charge in [0.2, 0.25) is 0 Å². The van der Waals surface area contributed by atoms with Crippen LogP contribution in [0.5, 0.6) is 0 Å². The van der Waals surface area contributed by atoms with E-state index in [1.165, 1.54) is 0 Å². The van der Waals surface area contributed by atoms with E-state index in [4.69, 9.17) is 5.11 Å². The molecule has 0 aromatic carbocycles. The van der Waals surface area contributed by atoms with Crippen LogP contribution >= 0.6 is 0 Å². The minimum absolute atomic E-state index is 0.125. The fourth-order valence-corrected chi connectivity index (χ4v) is 1.99. The zero-order valence-corrected chi connectivity index (χ0v) is 7.08. The number of carboxylic acid groups (broad SMARTS) is 1. The van der Waals surface area contributed by atoms with E-state index in [0.717, 1.165) is 12.8 Å². The van der Waals surface area contributed by atoms with Crippen molar-refractivity contribution in [1.29, 1.82) is 0 Å². The summed E-state index contributed by atoms with van der Waals surface area (Å²) in [4.78, 5) is 33.2. The predicted molar refractivity (Wildman–Crippen MR) is 42.0 cm³/mol. The summed E-state index contributed by atoms with van der Waals surface area (Å²) < 4.78 is 0. The second kappa shape index (κ2) is 2.40. The molecule has 0 aromatic heterocycles. The monoisotopic (exact) mass is 182 g/mol. The summed E-state index contributed by atoms with van der Waals surface area (Å²) >= 11 is 0. The third kappa shape index (κ3) is 1.26. The number of ketones is 2. The highest BCUT2D eigenvalue weighted by atomic mass is 16.4. The van der Waals surface area contributed by atoms with E-state index in [0.29, 0.717) is 0 Å². The number of rotatable bonds is 1. The summed E-state index contributed by atoms with van der Waals surface area (Å²) in [6.07, 6.45) is 2.37. The smallest absolute Gasteiger partial charge is 0.321 e. The molecule has 2 aliphatic carbocycles. The summed E-state index contributed by atoms with van der Waals surface area (Å²) in [6, 6.07) is 0. The van der Waals surface area contributed by atoms with Gasteiger partial charge in [0, 0.05) is 12.8 Å². The normalized spacial score (nSPS) is 26.5. The quantitative estimate of drug-likeness (QED) is 0.596. The Labute approximate surface area is 74.9 Å². The lowest BCUT2D eigenvalue weighted by Crippen LogP contribution is -2.39. The Balaban J connectivity index is 2.20. The molecule has 0 saturated heterocycles. The molecule has 70 valence electrons. The number of hydrogen-bond donors (Lipinski definition) is 1. The van der Waals surface area contributed by atoms with E-state index in [1.807, 2.05) is 0 Å². The van der Waals surface area contributed by atoms with Crippen LogP contribution in [0.2, 0.25) is 0 Å². The van der Waals surface area contributed by atoms with Gasteiger partial charge in [-0.3, -0.25) is 14.4 Å². The number of carbonyl (C=O) groups excluding carboxylic acids is 2. The molecule has 1 N–H and O–H groups in total. The van der Waals surface area contributed by atoms with Crippen LogP contribution < -0.4 is 0 Å². The maximum absolute atomic E-state index is 11.3. The fraction of sp³-hybridized carbons (Fsp3) is 0.667. The highest BCUT2D eigenvalue weighted by molar-refractivity contribution is 6.18. The van der Waals surface area contributed by atoms with Gasteiger partial charge in [0.25, 0.3) is 0 Å². The van der Waals surface area contributed by atoms with Crippen LogP contribution in [0.25, 0.3) is 0 Å². The van der Waals surface area contributed by atoms with Crippen molar-refractivity contribution in [3.8, 4) is 0 Å².